The van der Waals surface area contributed by atoms with E-state index in [1.54, 1.807) is 0 Å². The van der Waals surface area contributed by atoms with Gasteiger partial charge in [0.25, 0.3) is 0 Å². The van der Waals surface area contributed by atoms with E-state index in [0.29, 0.717) is 11.0 Å². The van der Waals surface area contributed by atoms with Crippen molar-refractivity contribution in [3.63, 3.8) is 0 Å². The molecule has 1 aromatic rings. The van der Waals surface area contributed by atoms with Gasteiger partial charge in [0, 0.05) is 6.54 Å². The van der Waals surface area contributed by atoms with Gasteiger partial charge in [0.15, 0.2) is 11.0 Å². The molecule has 0 fully saturated rings. The molecule has 0 radical (unpaired) electrons. The summed E-state index contributed by atoms with van der Waals surface area (Å²) in [6, 6.07) is 0. The maximum atomic E-state index is 5.92. The lowest BCUT2D eigenvalue weighted by molar-refractivity contribution is 1.000. The van der Waals surface area contributed by atoms with E-state index >= 15 is 0 Å². The zero-order chi connectivity index (χ0) is 10.6. The highest BCUT2D eigenvalue weighted by Crippen LogP contribution is 2.17. The van der Waals surface area contributed by atoms with Crippen LogP contribution in [0, 0.1) is 13.8 Å². The third-order valence-electron chi connectivity index (χ3n) is 1.91. The molecule has 4 heteroatoms. The molecule has 0 saturated heterocycles. The van der Waals surface area contributed by atoms with Crippen LogP contribution < -0.4 is 5.32 Å². The zero-order valence-electron chi connectivity index (χ0n) is 8.47. The van der Waals surface area contributed by atoms with Gasteiger partial charge in [0.05, 0.1) is 11.4 Å². The van der Waals surface area contributed by atoms with Crippen molar-refractivity contribution < 1.29 is 0 Å². The molecule has 0 aliphatic heterocycles. The largest absolute Gasteiger partial charge is 0.367 e. The van der Waals surface area contributed by atoms with Gasteiger partial charge in [0.2, 0.25) is 0 Å². The molecule has 0 bridgehead atoms. The maximum Gasteiger partial charge on any atom is 0.171 e. The number of halogens is 1. The Balaban J connectivity index is 2.76. The molecular formula is C10H14ClN3. The van der Waals surface area contributed by atoms with Crippen LogP contribution >= 0.6 is 11.6 Å². The molecule has 14 heavy (non-hydrogen) atoms. The quantitative estimate of drug-likeness (QED) is 0.615. The fourth-order valence-corrected chi connectivity index (χ4v) is 1.22. The summed E-state index contributed by atoms with van der Waals surface area (Å²) < 4.78 is 0. The minimum absolute atomic E-state index is 0.428. The lowest BCUT2D eigenvalue weighted by Gasteiger charge is -2.07. The first-order valence-electron chi connectivity index (χ1n) is 4.50. The predicted octanol–water partition coefficient (Wildman–Crippen LogP) is 2.73. The summed E-state index contributed by atoms with van der Waals surface area (Å²) in [5.74, 6) is 0.650. The van der Waals surface area contributed by atoms with Crippen LogP contribution in [-0.2, 0) is 0 Å². The molecule has 0 spiro atoms. The summed E-state index contributed by atoms with van der Waals surface area (Å²) in [5, 5.41) is 3.53. The summed E-state index contributed by atoms with van der Waals surface area (Å²) in [7, 11) is 0. The molecule has 1 aromatic heterocycles. The van der Waals surface area contributed by atoms with E-state index in [2.05, 4.69) is 21.9 Å². The highest BCUT2D eigenvalue weighted by molar-refractivity contribution is 6.31. The molecule has 0 unspecified atom stereocenters. The summed E-state index contributed by atoms with van der Waals surface area (Å²) in [6.45, 7) is 8.22. The Kier molecular flexibility index (Phi) is 3.89. The molecule has 1 N–H and O–H groups in total. The van der Waals surface area contributed by atoms with Gasteiger partial charge in [-0.3, -0.25) is 0 Å². The molecule has 76 valence electrons. The van der Waals surface area contributed by atoms with Crippen LogP contribution in [0.3, 0.4) is 0 Å². The van der Waals surface area contributed by atoms with Crippen molar-refractivity contribution in [1.82, 2.24) is 9.97 Å². The molecule has 0 aliphatic carbocycles. The van der Waals surface area contributed by atoms with E-state index in [4.69, 9.17) is 11.6 Å². The van der Waals surface area contributed by atoms with Gasteiger partial charge in [0.1, 0.15) is 0 Å². The van der Waals surface area contributed by atoms with Crippen LogP contribution in [0.4, 0.5) is 5.82 Å². The Bertz CT molecular complexity index is 336. The van der Waals surface area contributed by atoms with Gasteiger partial charge in [-0.1, -0.05) is 17.7 Å². The maximum absolute atomic E-state index is 5.92. The summed E-state index contributed by atoms with van der Waals surface area (Å²) in [4.78, 5) is 8.47. The topological polar surface area (TPSA) is 37.8 Å². The van der Waals surface area contributed by atoms with Crippen molar-refractivity contribution in [3.05, 3.63) is 29.2 Å². The Morgan fingerprint density at radius 2 is 2.00 bits per heavy atom. The zero-order valence-corrected chi connectivity index (χ0v) is 9.23. The van der Waals surface area contributed by atoms with E-state index in [0.717, 1.165) is 24.4 Å². The van der Waals surface area contributed by atoms with Crippen LogP contribution in [0.2, 0.25) is 5.15 Å². The van der Waals surface area contributed by atoms with Crippen LogP contribution in [-0.4, -0.2) is 16.5 Å². The number of nitrogens with one attached hydrogen (secondary N) is 1. The third-order valence-corrected chi connectivity index (χ3v) is 2.17. The molecule has 0 atom stereocenters. The molecule has 0 aromatic carbocycles. The van der Waals surface area contributed by atoms with E-state index in [9.17, 15) is 0 Å². The highest BCUT2D eigenvalue weighted by atomic mass is 35.5. The molecule has 1 rings (SSSR count). The first-order valence-corrected chi connectivity index (χ1v) is 4.88. The average Bonchev–Trinajstić information content (AvgIpc) is 2.14. The second-order valence-corrected chi connectivity index (χ2v) is 3.40. The van der Waals surface area contributed by atoms with Crippen LogP contribution in [0.25, 0.3) is 0 Å². The Hall–Kier alpha value is -1.09. The van der Waals surface area contributed by atoms with Gasteiger partial charge < -0.3 is 5.32 Å². The number of nitrogens with zero attached hydrogens (tertiary/aromatic N) is 2. The number of anilines is 1. The van der Waals surface area contributed by atoms with Crippen LogP contribution in [0.5, 0.6) is 0 Å². The molecule has 3 nitrogen and oxygen atoms in total. The monoisotopic (exact) mass is 211 g/mol. The SMILES string of the molecule is C=CCCNc1nc(C)c(C)nc1Cl. The molecule has 0 saturated carbocycles. The number of aromatic nitrogens is 2. The summed E-state index contributed by atoms with van der Waals surface area (Å²) in [5.41, 5.74) is 1.76. The minimum atomic E-state index is 0.428. The standard InChI is InChI=1S/C10H14ClN3/c1-4-5-6-12-10-9(11)13-7(2)8(3)14-10/h4H,1,5-6H2,2-3H3,(H,12,14). The molecule has 1 heterocycles. The second-order valence-electron chi connectivity index (χ2n) is 3.04. The van der Waals surface area contributed by atoms with Crippen LogP contribution in [0.15, 0.2) is 12.7 Å². The number of hydrogen-bond acceptors (Lipinski definition) is 3. The van der Waals surface area contributed by atoms with Gasteiger partial charge in [-0.05, 0) is 20.3 Å². The average molecular weight is 212 g/mol. The van der Waals surface area contributed by atoms with Crippen molar-refractivity contribution >= 4 is 17.4 Å². The number of aryl methyl sites for hydroxylation is 2. The lowest BCUT2D eigenvalue weighted by Crippen LogP contribution is -2.06. The van der Waals surface area contributed by atoms with Gasteiger partial charge in [-0.25, -0.2) is 9.97 Å². The van der Waals surface area contributed by atoms with Crippen molar-refractivity contribution in [2.45, 2.75) is 20.3 Å². The number of hydrogen-bond donors (Lipinski definition) is 1. The van der Waals surface area contributed by atoms with Crippen molar-refractivity contribution in [2.75, 3.05) is 11.9 Å². The Labute approximate surface area is 89.2 Å². The smallest absolute Gasteiger partial charge is 0.171 e. The van der Waals surface area contributed by atoms with Crippen molar-refractivity contribution in [3.8, 4) is 0 Å². The third kappa shape index (κ3) is 2.70. The number of rotatable bonds is 4. The Morgan fingerprint density at radius 1 is 1.36 bits per heavy atom. The second kappa shape index (κ2) is 4.96. The highest BCUT2D eigenvalue weighted by Gasteiger charge is 2.05. The lowest BCUT2D eigenvalue weighted by atomic mass is 10.3. The Morgan fingerprint density at radius 3 is 2.64 bits per heavy atom. The molecular weight excluding hydrogens is 198 g/mol. The minimum Gasteiger partial charge on any atom is -0.367 e. The van der Waals surface area contributed by atoms with E-state index in [-0.39, 0.29) is 0 Å². The fourth-order valence-electron chi connectivity index (χ4n) is 0.981. The van der Waals surface area contributed by atoms with Crippen molar-refractivity contribution in [2.24, 2.45) is 0 Å². The molecule has 0 amide bonds. The summed E-state index contributed by atoms with van der Waals surface area (Å²) >= 11 is 5.92. The van der Waals surface area contributed by atoms with Gasteiger partial charge >= 0.3 is 0 Å². The molecule has 0 aliphatic rings. The van der Waals surface area contributed by atoms with E-state index < -0.39 is 0 Å². The van der Waals surface area contributed by atoms with E-state index in [1.807, 2.05) is 19.9 Å². The first kappa shape index (κ1) is 11.0. The van der Waals surface area contributed by atoms with Gasteiger partial charge in [-0.15, -0.1) is 6.58 Å². The van der Waals surface area contributed by atoms with E-state index in [1.165, 1.54) is 0 Å². The van der Waals surface area contributed by atoms with Crippen molar-refractivity contribution in [1.29, 1.82) is 0 Å². The van der Waals surface area contributed by atoms with Crippen LogP contribution in [0.1, 0.15) is 17.8 Å². The van der Waals surface area contributed by atoms with Gasteiger partial charge in [-0.2, -0.15) is 0 Å². The predicted molar refractivity (Wildman–Crippen MR) is 59.8 cm³/mol. The normalized spacial score (nSPS) is 9.93. The summed E-state index contributed by atoms with van der Waals surface area (Å²) in [6.07, 6.45) is 2.72. The fraction of sp³-hybridized carbons (Fsp3) is 0.400. The first-order chi connectivity index (χ1) is 6.65.